The number of benzene rings is 1. The van der Waals surface area contributed by atoms with E-state index in [2.05, 4.69) is 10.1 Å². The molecule has 0 amide bonds. The van der Waals surface area contributed by atoms with Crippen LogP contribution in [0.5, 0.6) is 0 Å². The molecular weight excluding hydrogens is 249 g/mol. The predicted molar refractivity (Wildman–Crippen MR) is 70.5 cm³/mol. The number of hydrogen-bond acceptors (Lipinski definition) is 2. The predicted octanol–water partition coefficient (Wildman–Crippen LogP) is 3.51. The second kappa shape index (κ2) is 4.03. The van der Waals surface area contributed by atoms with Crippen molar-refractivity contribution in [2.45, 2.75) is 6.92 Å². The molecule has 1 N–H and O–H groups in total. The molecule has 5 heteroatoms. The van der Waals surface area contributed by atoms with E-state index in [1.54, 1.807) is 18.3 Å². The molecule has 0 aliphatic rings. The molecule has 0 atom stereocenters. The van der Waals surface area contributed by atoms with E-state index in [-0.39, 0.29) is 5.82 Å². The molecule has 0 unspecified atom stereocenters. The van der Waals surface area contributed by atoms with Gasteiger partial charge in [-0.1, -0.05) is 12.2 Å². The van der Waals surface area contributed by atoms with Crippen molar-refractivity contribution >= 4 is 17.9 Å². The number of nitrogens with one attached hydrogen (secondary N) is 1. The van der Waals surface area contributed by atoms with Gasteiger partial charge in [-0.3, -0.25) is 5.10 Å². The average molecular weight is 259 g/mol. The zero-order valence-electron chi connectivity index (χ0n) is 9.64. The van der Waals surface area contributed by atoms with Gasteiger partial charge in [0.05, 0.1) is 16.4 Å². The van der Waals surface area contributed by atoms with E-state index in [1.165, 1.54) is 12.1 Å². The van der Waals surface area contributed by atoms with Crippen LogP contribution in [0.2, 0.25) is 0 Å². The van der Waals surface area contributed by atoms with E-state index >= 15 is 0 Å². The van der Waals surface area contributed by atoms with Gasteiger partial charge in [-0.15, -0.1) is 0 Å². The molecule has 0 saturated carbocycles. The molecule has 0 spiro atoms. The molecule has 0 aliphatic carbocycles. The summed E-state index contributed by atoms with van der Waals surface area (Å²) in [4.78, 5) is 4.29. The van der Waals surface area contributed by atoms with Crippen LogP contribution in [-0.2, 0) is 0 Å². The van der Waals surface area contributed by atoms with Crippen LogP contribution in [-0.4, -0.2) is 14.6 Å². The lowest BCUT2D eigenvalue weighted by molar-refractivity contribution is 0.628. The normalized spacial score (nSPS) is 11.0. The van der Waals surface area contributed by atoms with Gasteiger partial charge in [-0.25, -0.2) is 13.9 Å². The lowest BCUT2D eigenvalue weighted by Crippen LogP contribution is -1.97. The van der Waals surface area contributed by atoms with Crippen LogP contribution in [0.4, 0.5) is 4.39 Å². The third kappa shape index (κ3) is 1.73. The quantitative estimate of drug-likeness (QED) is 0.678. The standard InChI is InChI=1S/C13H10FN3S/c1-8-6-12(18)13-15-7-11(17(13)16-8)9-2-4-10(14)5-3-9/h2-7,16H,1H3. The molecule has 1 aromatic carbocycles. The Labute approximate surface area is 108 Å². The minimum Gasteiger partial charge on any atom is -0.297 e. The zero-order chi connectivity index (χ0) is 12.7. The highest BCUT2D eigenvalue weighted by molar-refractivity contribution is 7.71. The van der Waals surface area contributed by atoms with Crippen molar-refractivity contribution in [2.24, 2.45) is 0 Å². The number of halogens is 1. The summed E-state index contributed by atoms with van der Waals surface area (Å²) in [5.74, 6) is -0.253. The largest absolute Gasteiger partial charge is 0.297 e. The van der Waals surface area contributed by atoms with Crippen molar-refractivity contribution in [1.29, 1.82) is 0 Å². The maximum Gasteiger partial charge on any atom is 0.170 e. The maximum absolute atomic E-state index is 12.9. The number of fused-ring (bicyclic) bond motifs is 1. The summed E-state index contributed by atoms with van der Waals surface area (Å²) in [6.07, 6.45) is 1.73. The summed E-state index contributed by atoms with van der Waals surface area (Å²) in [5, 5.41) is 3.19. The Morgan fingerprint density at radius 3 is 2.72 bits per heavy atom. The first kappa shape index (κ1) is 11.1. The SMILES string of the molecule is Cc1cc(=S)c2ncc(-c3ccc(F)cc3)n2[nH]1. The van der Waals surface area contributed by atoms with Crippen molar-refractivity contribution < 1.29 is 4.39 Å². The number of imidazole rings is 1. The monoisotopic (exact) mass is 259 g/mol. The van der Waals surface area contributed by atoms with E-state index in [0.29, 0.717) is 10.2 Å². The van der Waals surface area contributed by atoms with Gasteiger partial charge in [-0.2, -0.15) is 0 Å². The van der Waals surface area contributed by atoms with Gasteiger partial charge in [0.2, 0.25) is 0 Å². The van der Waals surface area contributed by atoms with Crippen molar-refractivity contribution in [3.8, 4) is 11.3 Å². The van der Waals surface area contributed by atoms with E-state index in [9.17, 15) is 4.39 Å². The summed E-state index contributed by atoms with van der Waals surface area (Å²) in [6, 6.07) is 8.17. The summed E-state index contributed by atoms with van der Waals surface area (Å²) in [6.45, 7) is 1.93. The molecule has 0 bridgehead atoms. The number of nitrogens with zero attached hydrogens (tertiary/aromatic N) is 2. The van der Waals surface area contributed by atoms with E-state index in [4.69, 9.17) is 12.2 Å². The van der Waals surface area contributed by atoms with E-state index in [0.717, 1.165) is 17.0 Å². The average Bonchev–Trinajstić information content (AvgIpc) is 2.74. The van der Waals surface area contributed by atoms with Crippen LogP contribution in [0.1, 0.15) is 5.69 Å². The molecule has 0 fully saturated rings. The molecule has 18 heavy (non-hydrogen) atoms. The fourth-order valence-electron chi connectivity index (χ4n) is 1.93. The molecule has 0 saturated heterocycles. The molecule has 2 heterocycles. The lowest BCUT2D eigenvalue weighted by atomic mass is 10.2. The van der Waals surface area contributed by atoms with Crippen LogP contribution in [0, 0.1) is 17.3 Å². The van der Waals surface area contributed by atoms with Gasteiger partial charge < -0.3 is 0 Å². The first-order chi connectivity index (χ1) is 8.65. The lowest BCUT2D eigenvalue weighted by Gasteiger charge is -2.03. The first-order valence-corrected chi connectivity index (χ1v) is 5.89. The third-order valence-electron chi connectivity index (χ3n) is 2.76. The molecule has 0 radical (unpaired) electrons. The van der Waals surface area contributed by atoms with Gasteiger partial charge in [0.15, 0.2) is 5.65 Å². The molecular formula is C13H10FN3S. The number of rotatable bonds is 1. The summed E-state index contributed by atoms with van der Waals surface area (Å²) in [5.41, 5.74) is 3.41. The Morgan fingerprint density at radius 2 is 2.00 bits per heavy atom. The fourth-order valence-corrected chi connectivity index (χ4v) is 2.25. The Hall–Kier alpha value is -2.01. The maximum atomic E-state index is 12.9. The van der Waals surface area contributed by atoms with Crippen LogP contribution >= 0.6 is 12.2 Å². The molecule has 3 aromatic rings. The Morgan fingerprint density at radius 1 is 1.28 bits per heavy atom. The number of aryl methyl sites for hydroxylation is 1. The van der Waals surface area contributed by atoms with Crippen LogP contribution in [0.15, 0.2) is 36.5 Å². The summed E-state index contributed by atoms with van der Waals surface area (Å²) < 4.78 is 15.4. The highest BCUT2D eigenvalue weighted by Gasteiger charge is 2.07. The van der Waals surface area contributed by atoms with Crippen molar-refractivity contribution in [3.05, 3.63) is 52.5 Å². The van der Waals surface area contributed by atoms with Crippen LogP contribution in [0.3, 0.4) is 0 Å². The summed E-state index contributed by atoms with van der Waals surface area (Å²) in [7, 11) is 0. The van der Waals surface area contributed by atoms with Crippen LogP contribution < -0.4 is 0 Å². The smallest absolute Gasteiger partial charge is 0.170 e. The minimum atomic E-state index is -0.253. The zero-order valence-corrected chi connectivity index (χ0v) is 10.5. The molecule has 90 valence electrons. The molecule has 0 aliphatic heterocycles. The van der Waals surface area contributed by atoms with Gasteiger partial charge >= 0.3 is 0 Å². The Balaban J connectivity index is 2.30. The number of hydrogen-bond donors (Lipinski definition) is 1. The second-order valence-electron chi connectivity index (χ2n) is 4.11. The highest BCUT2D eigenvalue weighted by atomic mass is 32.1. The van der Waals surface area contributed by atoms with Gasteiger partial charge in [0.1, 0.15) is 5.82 Å². The third-order valence-corrected chi connectivity index (χ3v) is 3.06. The Kier molecular flexibility index (Phi) is 2.48. The van der Waals surface area contributed by atoms with Crippen molar-refractivity contribution in [3.63, 3.8) is 0 Å². The van der Waals surface area contributed by atoms with Crippen molar-refractivity contribution in [1.82, 2.24) is 14.6 Å². The first-order valence-electron chi connectivity index (χ1n) is 5.48. The second-order valence-corrected chi connectivity index (χ2v) is 4.55. The van der Waals surface area contributed by atoms with Crippen molar-refractivity contribution in [2.75, 3.05) is 0 Å². The Bertz CT molecular complexity index is 771. The highest BCUT2D eigenvalue weighted by Crippen LogP contribution is 2.20. The molecule has 2 aromatic heterocycles. The fraction of sp³-hybridized carbons (Fsp3) is 0.0769. The van der Waals surface area contributed by atoms with E-state index < -0.39 is 0 Å². The molecule has 3 nitrogen and oxygen atoms in total. The van der Waals surface area contributed by atoms with Gasteiger partial charge in [-0.05, 0) is 37.3 Å². The number of aromatic nitrogens is 3. The van der Waals surface area contributed by atoms with Gasteiger partial charge in [0, 0.05) is 11.3 Å². The topological polar surface area (TPSA) is 33.1 Å². The summed E-state index contributed by atoms with van der Waals surface area (Å²) >= 11 is 5.26. The number of aromatic amines is 1. The minimum absolute atomic E-state index is 0.253. The molecule has 3 rings (SSSR count). The number of H-pyrrole nitrogens is 1. The van der Waals surface area contributed by atoms with E-state index in [1.807, 2.05) is 17.5 Å². The van der Waals surface area contributed by atoms with Gasteiger partial charge in [0.25, 0.3) is 0 Å². The van der Waals surface area contributed by atoms with Crippen LogP contribution in [0.25, 0.3) is 16.9 Å².